The maximum atomic E-state index is 12.5. The van der Waals surface area contributed by atoms with Gasteiger partial charge < -0.3 is 43.1 Å². The number of hydrogen-bond acceptors (Lipinski definition) is 12. The Kier molecular flexibility index (Phi) is 35.5. The van der Waals surface area contributed by atoms with Gasteiger partial charge in [-0.3, -0.25) is 19.4 Å². The first kappa shape index (κ1) is 62.4. The van der Waals surface area contributed by atoms with Gasteiger partial charge in [0.05, 0.1) is 12.6 Å². The van der Waals surface area contributed by atoms with Crippen molar-refractivity contribution in [1.82, 2.24) is 31.9 Å². The van der Waals surface area contributed by atoms with Crippen LogP contribution in [0, 0.1) is 18.8 Å². The van der Waals surface area contributed by atoms with Crippen LogP contribution in [0.2, 0.25) is 0 Å². The van der Waals surface area contributed by atoms with E-state index < -0.39 is 56.8 Å². The molecule has 2 unspecified atom stereocenters. The van der Waals surface area contributed by atoms with Crippen molar-refractivity contribution < 1.29 is 43.5 Å². The topological polar surface area (TPSA) is 319 Å². The zero-order valence-electron chi connectivity index (χ0n) is 40.1. The number of nitrogens with one attached hydrogen (secondary N) is 6. The van der Waals surface area contributed by atoms with Gasteiger partial charge in [0.15, 0.2) is 5.96 Å². The maximum Gasteiger partial charge on any atom is 0.115 e. The number of guanidine groups is 1. The average Bonchev–Trinajstić information content (AvgIpc) is 3.26. The Bertz CT molecular complexity index is 1750. The molecule has 66 heavy (non-hydrogen) atoms. The first-order valence-electron chi connectivity index (χ1n) is 21.9. The number of Topliss-reactive ketones (excluding diaryl/α,β-unsaturated/α-hetero) is 1. The van der Waals surface area contributed by atoms with Crippen molar-refractivity contribution in [2.45, 2.75) is 118 Å². The van der Waals surface area contributed by atoms with Crippen LogP contribution < -0.4 is 53.6 Å². The molecule has 0 aliphatic heterocycles. The second kappa shape index (κ2) is 37.5. The predicted molar refractivity (Wildman–Crippen MR) is 260 cm³/mol. The summed E-state index contributed by atoms with van der Waals surface area (Å²) < 4.78 is 0.831. The van der Waals surface area contributed by atoms with Crippen LogP contribution in [0.25, 0.3) is 0 Å². The molecule has 0 saturated heterocycles. The molecule has 0 radical (unpaired) electrons. The number of phenols is 1. The van der Waals surface area contributed by atoms with Crippen LogP contribution in [0.3, 0.4) is 0 Å². The number of nitrogens with zero attached hydrogens (tertiary/aromatic N) is 1. The Balaban J connectivity index is 0. The molecule has 2 aromatic carbocycles. The number of aryl methyl sites for hydroxylation is 1. The van der Waals surface area contributed by atoms with E-state index in [1.807, 2.05) is 63.2 Å². The van der Waals surface area contributed by atoms with E-state index in [-0.39, 0.29) is 59.6 Å². The molecule has 0 aliphatic carbocycles. The molecular formula is C46H76N10O9Se. The molecule has 0 fully saturated rings. The Hall–Kier alpha value is -5.69. The van der Waals surface area contributed by atoms with E-state index in [1.165, 1.54) is 25.3 Å². The fourth-order valence-electron chi connectivity index (χ4n) is 4.95. The van der Waals surface area contributed by atoms with Gasteiger partial charge in [0.25, 0.3) is 0 Å². The van der Waals surface area contributed by atoms with Crippen LogP contribution in [-0.4, -0.2) is 130 Å². The largest absolute Gasteiger partial charge is 0.508 e. The molecule has 0 spiro atoms. The number of amides is 5. The number of carbonyl (C=O) groups excluding carboxylic acids is 8. The number of aldehydes is 1. The third kappa shape index (κ3) is 33.8. The van der Waals surface area contributed by atoms with E-state index >= 15 is 0 Å². The van der Waals surface area contributed by atoms with Crippen molar-refractivity contribution in [1.29, 1.82) is 0 Å². The summed E-state index contributed by atoms with van der Waals surface area (Å²) in [7, 11) is 1.63. The fraction of sp³-hybridized carbons (Fsp3) is 0.543. The molecule has 19 nitrogen and oxygen atoms in total. The van der Waals surface area contributed by atoms with Gasteiger partial charge in [-0.15, -0.1) is 0 Å². The Morgan fingerprint density at radius 1 is 0.803 bits per heavy atom. The minimum atomic E-state index is -1.000. The van der Waals surface area contributed by atoms with Gasteiger partial charge in [-0.05, 0) is 57.2 Å². The van der Waals surface area contributed by atoms with Crippen LogP contribution in [0.4, 0.5) is 0 Å². The summed E-state index contributed by atoms with van der Waals surface area (Å²) in [5.41, 5.74) is 16.7. The summed E-state index contributed by atoms with van der Waals surface area (Å²) in [5, 5.41) is 24.2. The second-order valence-corrected chi connectivity index (χ2v) is 18.1. The number of aliphatic imine (C=N–C) groups is 1. The van der Waals surface area contributed by atoms with Gasteiger partial charge in [-0.2, -0.15) is 0 Å². The van der Waals surface area contributed by atoms with Crippen molar-refractivity contribution in [3.8, 4) is 5.75 Å². The van der Waals surface area contributed by atoms with E-state index in [4.69, 9.17) is 22.3 Å². The van der Waals surface area contributed by atoms with Crippen LogP contribution >= 0.6 is 0 Å². The first-order chi connectivity index (χ1) is 31.1. The molecule has 2 aromatic rings. The molecule has 2 rings (SSSR count). The number of ketones is 1. The first-order valence-corrected chi connectivity index (χ1v) is 23.7. The van der Waals surface area contributed by atoms with Crippen molar-refractivity contribution in [3.05, 3.63) is 60.2 Å². The zero-order chi connectivity index (χ0) is 50.6. The number of benzene rings is 2. The molecule has 5 amide bonds. The fourth-order valence-corrected chi connectivity index (χ4v) is 6.42. The normalized spacial score (nSPS) is 12.0. The maximum absolute atomic E-state index is 12.5. The van der Waals surface area contributed by atoms with Crippen LogP contribution in [0.15, 0.2) is 59.6 Å². The molecule has 0 heterocycles. The number of phenolic OH excluding ortho intramolecular Hbond substituents is 1. The standard InChI is InChI=1S/C19H27N3O4Se.C16H30N6O4.C7H8O.C4H11N/c1-12(2)16(23)10-15(22-18(25)13(3)20-4)19(26)21-11-17(24)27-14-8-6-5-7-9-14;1-10(2)7-13(21-11(3)24)15(26)20-8-14(25)22-12(9-23)5-4-6-19-16(17)18;1-6-2-4-7(8)5-3-6;1-2-3-4-5/h5-9,12-13,15,20H,10-11H2,1-4H3,(H,21,26)(H,22,25);9-10,12-13H,4-8H2,1-3H3,(H,20,26)(H,21,24)(H,22,25)(H4,17,18,19);2-5,8H,1H3;2-5H2,1H3/t13-,15-;;;/m0.../s1. The molecule has 370 valence electrons. The van der Waals surface area contributed by atoms with Gasteiger partial charge in [-0.1, -0.05) is 44.9 Å². The third-order valence-corrected chi connectivity index (χ3v) is 10.6. The average molecular weight is 992 g/mol. The quantitative estimate of drug-likeness (QED) is 0.0209. The van der Waals surface area contributed by atoms with Gasteiger partial charge in [0.2, 0.25) is 17.7 Å². The Morgan fingerprint density at radius 2 is 1.39 bits per heavy atom. The summed E-state index contributed by atoms with van der Waals surface area (Å²) in [6.45, 7) is 15.2. The molecule has 0 saturated carbocycles. The van der Waals surface area contributed by atoms with Crippen LogP contribution in [0.1, 0.15) is 92.6 Å². The summed E-state index contributed by atoms with van der Waals surface area (Å²) in [4.78, 5) is 98.7. The molecule has 13 N–H and O–H groups in total. The van der Waals surface area contributed by atoms with Crippen molar-refractivity contribution >= 4 is 71.7 Å². The number of likely N-dealkylation sites (N-methyl/N-ethyl adjacent to an activating group) is 1. The molecule has 20 heteroatoms. The van der Waals surface area contributed by atoms with E-state index in [9.17, 15) is 38.4 Å². The van der Waals surface area contributed by atoms with Crippen molar-refractivity contribution in [2.75, 3.05) is 33.2 Å². The monoisotopic (exact) mass is 992 g/mol. The van der Waals surface area contributed by atoms with E-state index in [0.29, 0.717) is 37.8 Å². The molecule has 0 bridgehead atoms. The van der Waals surface area contributed by atoms with Crippen LogP contribution in [0.5, 0.6) is 5.75 Å². The minimum absolute atomic E-state index is 0.0328. The van der Waals surface area contributed by atoms with Crippen LogP contribution in [-0.2, 0) is 38.4 Å². The molecule has 0 aromatic heterocycles. The Morgan fingerprint density at radius 3 is 1.86 bits per heavy atom. The number of hydrogen-bond donors (Lipinski definition) is 10. The molecule has 4 atom stereocenters. The predicted octanol–water partition coefficient (Wildman–Crippen LogP) is 0.203. The number of nitrogens with two attached hydrogens (primary N) is 3. The summed E-state index contributed by atoms with van der Waals surface area (Å²) in [6.07, 6.45) is 4.25. The van der Waals surface area contributed by atoms with Gasteiger partial charge >= 0.3 is 166 Å². The van der Waals surface area contributed by atoms with Gasteiger partial charge in [0, 0.05) is 13.5 Å². The number of aromatic hydroxyl groups is 1. The van der Waals surface area contributed by atoms with E-state index in [2.05, 4.69) is 43.8 Å². The van der Waals surface area contributed by atoms with Gasteiger partial charge in [0.1, 0.15) is 18.1 Å². The van der Waals surface area contributed by atoms with Crippen molar-refractivity contribution in [3.63, 3.8) is 0 Å². The van der Waals surface area contributed by atoms with E-state index in [1.54, 1.807) is 40.0 Å². The summed E-state index contributed by atoms with van der Waals surface area (Å²) >= 11 is -0.401. The molecular weight excluding hydrogens is 916 g/mol. The van der Waals surface area contributed by atoms with E-state index in [0.717, 1.165) is 11.0 Å². The minimum Gasteiger partial charge on any atom is -0.508 e. The number of rotatable bonds is 25. The van der Waals surface area contributed by atoms with Crippen molar-refractivity contribution in [2.24, 2.45) is 34.0 Å². The summed E-state index contributed by atoms with van der Waals surface area (Å²) in [6, 6.07) is 13.5. The molecule has 0 aliphatic rings. The number of unbranched alkanes of at least 4 members (excludes halogenated alkanes) is 1. The zero-order valence-corrected chi connectivity index (χ0v) is 41.8. The number of carbonyl (C=O) groups is 8. The Labute approximate surface area is 396 Å². The second-order valence-electron chi connectivity index (χ2n) is 15.7. The van der Waals surface area contributed by atoms with Gasteiger partial charge in [-0.25, -0.2) is 0 Å². The smallest absolute Gasteiger partial charge is 0.115 e. The SMILES string of the molecule is CC(=O)NC(CC(C)C)C(=O)NCC(=O)NC(C=O)CCCN=C(N)N.CCCCN.CN[C@@H](C)C(=O)N[C@@H](CC(=O)C(C)C)C(=O)NCC(=O)[Se]c1ccccc1.Cc1ccc(O)cc1. The summed E-state index contributed by atoms with van der Waals surface area (Å²) in [5.74, 6) is -2.07. The third-order valence-electron chi connectivity index (χ3n) is 8.78.